The molecule has 4 nitrogen and oxygen atoms in total. The minimum absolute atomic E-state index is 0.319. The fourth-order valence-electron chi connectivity index (χ4n) is 2.28. The van der Waals surface area contributed by atoms with Gasteiger partial charge in [-0.25, -0.2) is 4.98 Å². The van der Waals surface area contributed by atoms with E-state index in [2.05, 4.69) is 27.7 Å². The van der Waals surface area contributed by atoms with Gasteiger partial charge in [0.25, 0.3) is 0 Å². The van der Waals surface area contributed by atoms with Gasteiger partial charge in [-0.2, -0.15) is 5.10 Å². The molecule has 0 saturated heterocycles. The van der Waals surface area contributed by atoms with Gasteiger partial charge in [0.1, 0.15) is 0 Å². The summed E-state index contributed by atoms with van der Waals surface area (Å²) in [4.78, 5) is 4.53. The predicted octanol–water partition coefficient (Wildman–Crippen LogP) is 3.00. The number of aryl methyl sites for hydroxylation is 3. The third-order valence-corrected chi connectivity index (χ3v) is 4.87. The molecule has 110 valence electrons. The summed E-state index contributed by atoms with van der Waals surface area (Å²) in [6.07, 6.45) is 1.78. The standard InChI is InChI=1S/C14H21ClN4S/c1-5-19-12(14(15)10(3)18-19)6-11(16-4)7-13-17-9(2)8-20-13/h8,11,16H,5-7H2,1-4H3. The molecule has 0 aliphatic rings. The van der Waals surface area contributed by atoms with Gasteiger partial charge in [-0.3, -0.25) is 4.68 Å². The average molecular weight is 313 g/mol. The van der Waals surface area contributed by atoms with Crippen LogP contribution in [0.1, 0.15) is 29.0 Å². The number of aromatic nitrogens is 3. The second-order valence-corrected chi connectivity index (χ2v) is 6.26. The quantitative estimate of drug-likeness (QED) is 0.891. The molecule has 0 aliphatic heterocycles. The Morgan fingerprint density at radius 3 is 2.70 bits per heavy atom. The summed E-state index contributed by atoms with van der Waals surface area (Å²) >= 11 is 8.09. The second kappa shape index (κ2) is 6.70. The lowest BCUT2D eigenvalue weighted by Gasteiger charge is -2.16. The minimum Gasteiger partial charge on any atom is -0.316 e. The van der Waals surface area contributed by atoms with Gasteiger partial charge in [0.15, 0.2) is 0 Å². The molecule has 1 atom stereocenters. The summed E-state index contributed by atoms with van der Waals surface area (Å²) in [7, 11) is 1.98. The van der Waals surface area contributed by atoms with Crippen LogP contribution in [0.2, 0.25) is 5.02 Å². The van der Waals surface area contributed by atoms with Crippen LogP contribution in [-0.4, -0.2) is 27.9 Å². The summed E-state index contributed by atoms with van der Waals surface area (Å²) in [5.74, 6) is 0. The molecule has 0 aromatic carbocycles. The Morgan fingerprint density at radius 2 is 2.15 bits per heavy atom. The van der Waals surface area contributed by atoms with Gasteiger partial charge >= 0.3 is 0 Å². The maximum atomic E-state index is 6.38. The molecule has 0 amide bonds. The van der Waals surface area contributed by atoms with Crippen molar-refractivity contribution < 1.29 is 0 Å². The smallest absolute Gasteiger partial charge is 0.0943 e. The van der Waals surface area contributed by atoms with Crippen molar-refractivity contribution in [3.05, 3.63) is 32.5 Å². The van der Waals surface area contributed by atoms with Crippen molar-refractivity contribution in [1.82, 2.24) is 20.1 Å². The summed E-state index contributed by atoms with van der Waals surface area (Å²) in [5.41, 5.74) is 3.11. The lowest BCUT2D eigenvalue weighted by molar-refractivity contribution is 0.519. The van der Waals surface area contributed by atoms with E-state index in [-0.39, 0.29) is 0 Å². The Morgan fingerprint density at radius 1 is 1.40 bits per heavy atom. The van der Waals surface area contributed by atoms with Crippen molar-refractivity contribution in [3.63, 3.8) is 0 Å². The number of hydrogen-bond acceptors (Lipinski definition) is 4. The summed E-state index contributed by atoms with van der Waals surface area (Å²) < 4.78 is 2.00. The van der Waals surface area contributed by atoms with E-state index in [1.54, 1.807) is 11.3 Å². The fraction of sp³-hybridized carbons (Fsp3) is 0.571. The molecule has 0 saturated carbocycles. The zero-order valence-corrected chi connectivity index (χ0v) is 14.0. The first kappa shape index (κ1) is 15.5. The number of likely N-dealkylation sites (N-methyl/N-ethyl adjacent to an activating group) is 1. The van der Waals surface area contributed by atoms with Crippen LogP contribution in [0.25, 0.3) is 0 Å². The van der Waals surface area contributed by atoms with Crippen molar-refractivity contribution in [3.8, 4) is 0 Å². The normalized spacial score (nSPS) is 12.8. The van der Waals surface area contributed by atoms with Gasteiger partial charge < -0.3 is 5.32 Å². The fourth-order valence-corrected chi connectivity index (χ4v) is 3.35. The van der Waals surface area contributed by atoms with Crippen molar-refractivity contribution in [2.24, 2.45) is 0 Å². The number of nitrogens with one attached hydrogen (secondary N) is 1. The third kappa shape index (κ3) is 3.40. The maximum Gasteiger partial charge on any atom is 0.0943 e. The summed E-state index contributed by atoms with van der Waals surface area (Å²) in [6, 6.07) is 0.319. The number of hydrogen-bond donors (Lipinski definition) is 1. The SMILES string of the molecule is CCn1nc(C)c(Cl)c1CC(Cc1nc(C)cs1)NC. The van der Waals surface area contributed by atoms with Crippen molar-refractivity contribution in [2.75, 3.05) is 7.05 Å². The van der Waals surface area contributed by atoms with Gasteiger partial charge in [-0.15, -0.1) is 11.3 Å². The van der Waals surface area contributed by atoms with Crippen molar-refractivity contribution >= 4 is 22.9 Å². The number of rotatable bonds is 6. The molecule has 2 aromatic heterocycles. The second-order valence-electron chi connectivity index (χ2n) is 4.94. The lowest BCUT2D eigenvalue weighted by Crippen LogP contribution is -2.31. The predicted molar refractivity (Wildman–Crippen MR) is 84.8 cm³/mol. The van der Waals surface area contributed by atoms with Gasteiger partial charge in [0.05, 0.1) is 21.4 Å². The van der Waals surface area contributed by atoms with Gasteiger partial charge in [0.2, 0.25) is 0 Å². The first-order chi connectivity index (χ1) is 9.55. The average Bonchev–Trinajstić information content (AvgIpc) is 2.95. The Labute approximate surface area is 129 Å². The third-order valence-electron chi connectivity index (χ3n) is 3.39. The van der Waals surface area contributed by atoms with Crippen molar-refractivity contribution in [2.45, 2.75) is 46.2 Å². The number of nitrogens with zero attached hydrogens (tertiary/aromatic N) is 3. The Kier molecular flexibility index (Phi) is 5.18. The van der Waals surface area contributed by atoms with E-state index in [9.17, 15) is 0 Å². The molecular formula is C14H21ClN4S. The topological polar surface area (TPSA) is 42.7 Å². The maximum absolute atomic E-state index is 6.38. The molecule has 0 aliphatic carbocycles. The largest absolute Gasteiger partial charge is 0.316 e. The van der Waals surface area contributed by atoms with Crippen LogP contribution >= 0.6 is 22.9 Å². The molecule has 6 heteroatoms. The van der Waals surface area contributed by atoms with E-state index in [0.717, 1.165) is 46.5 Å². The molecule has 1 unspecified atom stereocenters. The highest BCUT2D eigenvalue weighted by atomic mass is 35.5. The molecule has 0 radical (unpaired) electrons. The van der Waals surface area contributed by atoms with E-state index in [1.807, 2.05) is 25.6 Å². The highest BCUT2D eigenvalue weighted by molar-refractivity contribution is 7.09. The van der Waals surface area contributed by atoms with Crippen LogP contribution in [0.4, 0.5) is 0 Å². The summed E-state index contributed by atoms with van der Waals surface area (Å²) in [6.45, 7) is 6.91. The van der Waals surface area contributed by atoms with E-state index < -0.39 is 0 Å². The van der Waals surface area contributed by atoms with E-state index in [1.165, 1.54) is 0 Å². The van der Waals surface area contributed by atoms with E-state index in [0.29, 0.717) is 6.04 Å². The van der Waals surface area contributed by atoms with E-state index in [4.69, 9.17) is 11.6 Å². The highest BCUT2D eigenvalue weighted by Crippen LogP contribution is 2.22. The van der Waals surface area contributed by atoms with Crippen LogP contribution in [0.15, 0.2) is 5.38 Å². The van der Waals surface area contributed by atoms with Gasteiger partial charge in [-0.05, 0) is 27.8 Å². The molecule has 2 aromatic rings. The molecule has 0 bridgehead atoms. The zero-order valence-electron chi connectivity index (χ0n) is 12.4. The monoisotopic (exact) mass is 312 g/mol. The molecule has 2 heterocycles. The van der Waals surface area contributed by atoms with Crippen LogP contribution < -0.4 is 5.32 Å². The van der Waals surface area contributed by atoms with Gasteiger partial charge in [-0.1, -0.05) is 11.6 Å². The van der Waals surface area contributed by atoms with Crippen LogP contribution in [-0.2, 0) is 19.4 Å². The van der Waals surface area contributed by atoms with Crippen LogP contribution in [0.3, 0.4) is 0 Å². The first-order valence-electron chi connectivity index (χ1n) is 6.85. The zero-order chi connectivity index (χ0) is 14.7. The van der Waals surface area contributed by atoms with Crippen LogP contribution in [0.5, 0.6) is 0 Å². The highest BCUT2D eigenvalue weighted by Gasteiger charge is 2.18. The number of thiazole rings is 1. The molecular weight excluding hydrogens is 292 g/mol. The molecule has 0 fully saturated rings. The van der Waals surface area contributed by atoms with Crippen molar-refractivity contribution in [1.29, 1.82) is 0 Å². The molecule has 20 heavy (non-hydrogen) atoms. The molecule has 0 spiro atoms. The van der Waals surface area contributed by atoms with E-state index >= 15 is 0 Å². The van der Waals surface area contributed by atoms with Gasteiger partial charge in [0, 0.05) is 36.5 Å². The van der Waals surface area contributed by atoms with Crippen LogP contribution in [0, 0.1) is 13.8 Å². The lowest BCUT2D eigenvalue weighted by atomic mass is 10.1. The number of halogens is 1. The Balaban J connectivity index is 2.14. The molecule has 2 rings (SSSR count). The Hall–Kier alpha value is -0.910. The summed E-state index contributed by atoms with van der Waals surface area (Å²) in [5, 5.41) is 11.9. The Bertz CT molecular complexity index is 576. The minimum atomic E-state index is 0.319. The first-order valence-corrected chi connectivity index (χ1v) is 8.11. The molecule has 1 N–H and O–H groups in total.